The van der Waals surface area contributed by atoms with Gasteiger partial charge in [0.25, 0.3) is 0 Å². The fraction of sp³-hybridized carbons (Fsp3) is 0.143. The van der Waals surface area contributed by atoms with E-state index in [0.29, 0.717) is 0 Å². The van der Waals surface area contributed by atoms with Gasteiger partial charge in [-0.1, -0.05) is 24.3 Å². The first-order valence-electron chi connectivity index (χ1n) is 5.75. The highest BCUT2D eigenvalue weighted by Crippen LogP contribution is 2.28. The number of aliphatic hydroxyl groups is 1. The summed E-state index contributed by atoms with van der Waals surface area (Å²) in [5, 5.41) is 9.95. The van der Waals surface area contributed by atoms with Crippen molar-refractivity contribution in [3.8, 4) is 5.75 Å². The van der Waals surface area contributed by atoms with Crippen molar-refractivity contribution in [1.29, 1.82) is 0 Å². The first-order valence-corrected chi connectivity index (χ1v) is 5.75. The smallest absolute Gasteiger partial charge is 0.406 e. The topological polar surface area (TPSA) is 29.5 Å². The van der Waals surface area contributed by atoms with Gasteiger partial charge in [0.05, 0.1) is 0 Å². The van der Waals surface area contributed by atoms with E-state index in [1.807, 2.05) is 0 Å². The number of rotatable bonds is 3. The molecule has 0 aromatic heterocycles. The molecule has 0 aliphatic carbocycles. The molecular formula is C14H9F5O2. The molecule has 21 heavy (non-hydrogen) atoms. The fourth-order valence-electron chi connectivity index (χ4n) is 1.76. The van der Waals surface area contributed by atoms with Crippen LogP contribution in [0.25, 0.3) is 0 Å². The van der Waals surface area contributed by atoms with E-state index in [1.165, 1.54) is 12.1 Å². The number of ether oxygens (including phenoxy) is 1. The van der Waals surface area contributed by atoms with Gasteiger partial charge in [0.2, 0.25) is 0 Å². The Bertz CT molecular complexity index is 622. The second-order valence-electron chi connectivity index (χ2n) is 4.16. The molecule has 2 aromatic carbocycles. The van der Waals surface area contributed by atoms with Crippen LogP contribution in [-0.4, -0.2) is 11.5 Å². The predicted octanol–water partition coefficient (Wildman–Crippen LogP) is 3.95. The molecule has 0 spiro atoms. The van der Waals surface area contributed by atoms with Crippen LogP contribution in [0.5, 0.6) is 5.75 Å². The van der Waals surface area contributed by atoms with Crippen LogP contribution in [0.2, 0.25) is 0 Å². The highest BCUT2D eigenvalue weighted by atomic mass is 19.4. The molecule has 7 heteroatoms. The molecule has 1 atom stereocenters. The van der Waals surface area contributed by atoms with Crippen molar-refractivity contribution in [2.24, 2.45) is 0 Å². The molecule has 1 unspecified atom stereocenters. The molecule has 2 aromatic rings. The van der Waals surface area contributed by atoms with Crippen molar-refractivity contribution in [2.45, 2.75) is 12.5 Å². The summed E-state index contributed by atoms with van der Waals surface area (Å²) in [5.74, 6) is -2.80. The number of halogens is 5. The van der Waals surface area contributed by atoms with E-state index >= 15 is 0 Å². The van der Waals surface area contributed by atoms with Crippen molar-refractivity contribution in [3.63, 3.8) is 0 Å². The normalized spacial score (nSPS) is 13.0. The predicted molar refractivity (Wildman–Crippen MR) is 63.5 cm³/mol. The zero-order valence-corrected chi connectivity index (χ0v) is 10.4. The fourth-order valence-corrected chi connectivity index (χ4v) is 1.76. The molecule has 0 aliphatic rings. The SMILES string of the molecule is OC(c1ccc(OC(F)(F)F)cc1)c1cccc(F)c1F. The number of aliphatic hydroxyl groups excluding tert-OH is 1. The molecule has 2 rings (SSSR count). The van der Waals surface area contributed by atoms with Crippen molar-refractivity contribution >= 4 is 0 Å². The minimum Gasteiger partial charge on any atom is -0.406 e. The lowest BCUT2D eigenvalue weighted by molar-refractivity contribution is -0.274. The van der Waals surface area contributed by atoms with Gasteiger partial charge in [-0.25, -0.2) is 8.78 Å². The van der Waals surface area contributed by atoms with Crippen molar-refractivity contribution in [2.75, 3.05) is 0 Å². The first-order chi connectivity index (χ1) is 9.78. The molecule has 0 bridgehead atoms. The molecule has 0 amide bonds. The summed E-state index contributed by atoms with van der Waals surface area (Å²) in [7, 11) is 0. The quantitative estimate of drug-likeness (QED) is 0.870. The third-order valence-corrected chi connectivity index (χ3v) is 2.71. The van der Waals surface area contributed by atoms with E-state index in [-0.39, 0.29) is 11.1 Å². The summed E-state index contributed by atoms with van der Waals surface area (Å²) in [6.45, 7) is 0. The summed E-state index contributed by atoms with van der Waals surface area (Å²) in [5.41, 5.74) is -0.200. The zero-order valence-electron chi connectivity index (χ0n) is 10.4. The second-order valence-corrected chi connectivity index (χ2v) is 4.16. The van der Waals surface area contributed by atoms with Crippen LogP contribution < -0.4 is 4.74 Å². The first kappa shape index (κ1) is 15.2. The molecule has 0 radical (unpaired) electrons. The third kappa shape index (κ3) is 3.69. The molecule has 1 N–H and O–H groups in total. The summed E-state index contributed by atoms with van der Waals surface area (Å²) in [6, 6.07) is 7.52. The third-order valence-electron chi connectivity index (χ3n) is 2.71. The minimum absolute atomic E-state index is 0.106. The highest BCUT2D eigenvalue weighted by Gasteiger charge is 2.31. The Labute approximate surface area is 116 Å². The van der Waals surface area contributed by atoms with E-state index in [4.69, 9.17) is 0 Å². The van der Waals surface area contributed by atoms with E-state index in [2.05, 4.69) is 4.74 Å². The van der Waals surface area contributed by atoms with Crippen molar-refractivity contribution in [1.82, 2.24) is 0 Å². The van der Waals surface area contributed by atoms with Gasteiger partial charge in [0, 0.05) is 5.56 Å². The molecule has 2 nitrogen and oxygen atoms in total. The molecule has 0 saturated heterocycles. The monoisotopic (exact) mass is 304 g/mol. The van der Waals surface area contributed by atoms with Crippen LogP contribution in [0.4, 0.5) is 22.0 Å². The number of alkyl halides is 3. The summed E-state index contributed by atoms with van der Waals surface area (Å²) in [4.78, 5) is 0. The summed E-state index contributed by atoms with van der Waals surface area (Å²) >= 11 is 0. The average molecular weight is 304 g/mol. The Balaban J connectivity index is 2.24. The van der Waals surface area contributed by atoms with E-state index in [1.54, 1.807) is 0 Å². The minimum atomic E-state index is -4.82. The van der Waals surface area contributed by atoms with Gasteiger partial charge in [-0.15, -0.1) is 13.2 Å². The Hall–Kier alpha value is -2.15. The molecule has 0 heterocycles. The van der Waals surface area contributed by atoms with Gasteiger partial charge in [0.1, 0.15) is 11.9 Å². The van der Waals surface area contributed by atoms with Crippen LogP contribution in [0.15, 0.2) is 42.5 Å². The van der Waals surface area contributed by atoms with E-state index < -0.39 is 29.9 Å². The van der Waals surface area contributed by atoms with E-state index in [0.717, 1.165) is 30.3 Å². The number of hydrogen-bond donors (Lipinski definition) is 1. The van der Waals surface area contributed by atoms with Crippen LogP contribution in [0, 0.1) is 11.6 Å². The highest BCUT2D eigenvalue weighted by molar-refractivity contribution is 5.35. The van der Waals surface area contributed by atoms with Gasteiger partial charge < -0.3 is 9.84 Å². The number of hydrogen-bond acceptors (Lipinski definition) is 2. The molecule has 0 saturated carbocycles. The molecule has 112 valence electrons. The summed E-state index contributed by atoms with van der Waals surface area (Å²) < 4.78 is 66.3. The zero-order chi connectivity index (χ0) is 15.6. The molecular weight excluding hydrogens is 295 g/mol. The lowest BCUT2D eigenvalue weighted by Crippen LogP contribution is -2.17. The standard InChI is InChI=1S/C14H9F5O2/c15-11-3-1-2-10(12(11)16)13(20)8-4-6-9(7-5-8)21-14(17,18)19/h1-7,13,20H. The van der Waals surface area contributed by atoms with Crippen LogP contribution >= 0.6 is 0 Å². The molecule has 0 aliphatic heterocycles. The second kappa shape index (κ2) is 5.69. The lowest BCUT2D eigenvalue weighted by Gasteiger charge is -2.14. The van der Waals surface area contributed by atoms with E-state index in [9.17, 15) is 27.1 Å². The maximum atomic E-state index is 13.5. The largest absolute Gasteiger partial charge is 0.573 e. The Morgan fingerprint density at radius 2 is 1.57 bits per heavy atom. The van der Waals surface area contributed by atoms with Crippen molar-refractivity contribution < 1.29 is 31.8 Å². The maximum Gasteiger partial charge on any atom is 0.573 e. The maximum absolute atomic E-state index is 13.5. The Kier molecular flexibility index (Phi) is 4.13. The van der Waals surface area contributed by atoms with Gasteiger partial charge in [-0.2, -0.15) is 0 Å². The Morgan fingerprint density at radius 3 is 2.14 bits per heavy atom. The van der Waals surface area contributed by atoms with Crippen LogP contribution in [-0.2, 0) is 0 Å². The van der Waals surface area contributed by atoms with Gasteiger partial charge in [-0.05, 0) is 23.8 Å². The van der Waals surface area contributed by atoms with Crippen LogP contribution in [0.1, 0.15) is 17.2 Å². The summed E-state index contributed by atoms with van der Waals surface area (Å²) in [6.07, 6.45) is -6.32. The Morgan fingerprint density at radius 1 is 0.952 bits per heavy atom. The van der Waals surface area contributed by atoms with Gasteiger partial charge in [0.15, 0.2) is 11.6 Å². The van der Waals surface area contributed by atoms with Crippen molar-refractivity contribution in [3.05, 3.63) is 65.2 Å². The molecule has 0 fully saturated rings. The van der Waals surface area contributed by atoms with Crippen LogP contribution in [0.3, 0.4) is 0 Å². The lowest BCUT2D eigenvalue weighted by atomic mass is 10.0. The van der Waals surface area contributed by atoms with Gasteiger partial charge in [-0.3, -0.25) is 0 Å². The van der Waals surface area contributed by atoms with Gasteiger partial charge >= 0.3 is 6.36 Å². The number of benzene rings is 2. The average Bonchev–Trinajstić information content (AvgIpc) is 2.40.